The van der Waals surface area contributed by atoms with E-state index >= 15 is 0 Å². The molecule has 0 spiro atoms. The van der Waals surface area contributed by atoms with Crippen molar-refractivity contribution >= 4 is 29.1 Å². The third-order valence-electron chi connectivity index (χ3n) is 3.82. The van der Waals surface area contributed by atoms with Gasteiger partial charge in [0.05, 0.1) is 5.69 Å². The zero-order valence-electron chi connectivity index (χ0n) is 14.0. The fourth-order valence-corrected chi connectivity index (χ4v) is 2.49. The first-order valence-corrected chi connectivity index (χ1v) is 8.03. The van der Waals surface area contributed by atoms with Crippen molar-refractivity contribution in [3.63, 3.8) is 0 Å². The fourth-order valence-electron chi connectivity index (χ4n) is 2.49. The molecule has 0 saturated carbocycles. The van der Waals surface area contributed by atoms with Crippen LogP contribution in [0.1, 0.15) is 16.7 Å². The molecule has 0 fully saturated rings. The average Bonchev–Trinajstić information content (AvgIpc) is 2.64. The third-order valence-corrected chi connectivity index (χ3v) is 3.82. The molecular weight excluding hydrogens is 308 g/mol. The second-order valence-corrected chi connectivity index (χ2v) is 5.77. The van der Waals surface area contributed by atoms with Crippen molar-refractivity contribution in [1.29, 1.82) is 5.41 Å². The monoisotopic (exact) mass is 328 g/mol. The maximum Gasteiger partial charge on any atom is 0.133 e. The van der Waals surface area contributed by atoms with E-state index in [0.29, 0.717) is 5.84 Å². The lowest BCUT2D eigenvalue weighted by Gasteiger charge is -2.12. The van der Waals surface area contributed by atoms with E-state index in [4.69, 9.17) is 11.1 Å². The molecule has 124 valence electrons. The minimum absolute atomic E-state index is 0.428. The van der Waals surface area contributed by atoms with E-state index in [9.17, 15) is 0 Å². The lowest BCUT2D eigenvalue weighted by molar-refractivity contribution is 1.42. The molecule has 3 aromatic carbocycles. The first kappa shape index (κ1) is 16.5. The van der Waals surface area contributed by atoms with Gasteiger partial charge in [-0.25, -0.2) is 4.99 Å². The molecule has 3 aromatic rings. The Kier molecular flexibility index (Phi) is 4.90. The summed E-state index contributed by atoms with van der Waals surface area (Å²) in [7, 11) is 0. The Morgan fingerprint density at radius 3 is 2.52 bits per heavy atom. The Bertz CT molecular complexity index is 911. The number of aryl methyl sites for hydroxylation is 1. The van der Waals surface area contributed by atoms with Crippen LogP contribution in [0.15, 0.2) is 77.8 Å². The SMILES string of the molecule is Cc1ccc(Nc2ccccc2C(N)=Nc2cccc(C=N)c2)cc1. The standard InChI is InChI=1S/C21H20N4/c1-15-9-11-17(12-10-15)24-20-8-3-2-7-19(20)21(23)25-18-6-4-5-16(13-18)14-22/h2-14,22,24H,1H3,(H2,23,25). The van der Waals surface area contributed by atoms with Crippen molar-refractivity contribution in [2.75, 3.05) is 5.32 Å². The molecule has 0 bridgehead atoms. The highest BCUT2D eigenvalue weighted by Gasteiger charge is 2.06. The average molecular weight is 328 g/mol. The summed E-state index contributed by atoms with van der Waals surface area (Å²) >= 11 is 0. The predicted molar refractivity (Wildman–Crippen MR) is 106 cm³/mol. The predicted octanol–water partition coefficient (Wildman–Crippen LogP) is 4.77. The highest BCUT2D eigenvalue weighted by Crippen LogP contribution is 2.22. The van der Waals surface area contributed by atoms with Crippen LogP contribution in [-0.4, -0.2) is 12.1 Å². The molecule has 0 heterocycles. The Morgan fingerprint density at radius 2 is 1.76 bits per heavy atom. The second-order valence-electron chi connectivity index (χ2n) is 5.77. The summed E-state index contributed by atoms with van der Waals surface area (Å²) in [6, 6.07) is 23.4. The van der Waals surface area contributed by atoms with E-state index in [1.807, 2.05) is 60.7 Å². The van der Waals surface area contributed by atoms with Gasteiger partial charge in [0.1, 0.15) is 5.84 Å². The van der Waals surface area contributed by atoms with Crippen molar-refractivity contribution in [3.8, 4) is 0 Å². The maximum absolute atomic E-state index is 7.35. The van der Waals surface area contributed by atoms with Crippen molar-refractivity contribution in [2.45, 2.75) is 6.92 Å². The highest BCUT2D eigenvalue weighted by atomic mass is 14.9. The van der Waals surface area contributed by atoms with Crippen molar-refractivity contribution in [2.24, 2.45) is 10.7 Å². The third kappa shape index (κ3) is 4.12. The van der Waals surface area contributed by atoms with E-state index in [1.165, 1.54) is 11.8 Å². The molecule has 25 heavy (non-hydrogen) atoms. The van der Waals surface area contributed by atoms with Crippen LogP contribution in [0.5, 0.6) is 0 Å². The molecule has 0 aliphatic heterocycles. The number of hydrogen-bond donors (Lipinski definition) is 3. The van der Waals surface area contributed by atoms with Gasteiger partial charge >= 0.3 is 0 Å². The molecule has 0 unspecified atom stereocenters. The molecule has 0 radical (unpaired) electrons. The van der Waals surface area contributed by atoms with E-state index < -0.39 is 0 Å². The number of rotatable bonds is 5. The number of benzene rings is 3. The number of nitrogens with two attached hydrogens (primary N) is 1. The van der Waals surface area contributed by atoms with Crippen molar-refractivity contribution in [3.05, 3.63) is 89.5 Å². The van der Waals surface area contributed by atoms with Crippen LogP contribution in [0.2, 0.25) is 0 Å². The number of nitrogens with zero attached hydrogens (tertiary/aromatic N) is 1. The Hall–Kier alpha value is -3.40. The molecular formula is C21H20N4. The summed E-state index contributed by atoms with van der Waals surface area (Å²) in [6.45, 7) is 2.06. The Labute approximate surface area is 147 Å². The van der Waals surface area contributed by atoms with Crippen LogP contribution >= 0.6 is 0 Å². The summed E-state index contributed by atoms with van der Waals surface area (Å²) in [5, 5.41) is 10.7. The smallest absolute Gasteiger partial charge is 0.133 e. The van der Waals surface area contributed by atoms with Crippen LogP contribution < -0.4 is 11.1 Å². The van der Waals surface area contributed by atoms with Crippen molar-refractivity contribution in [1.82, 2.24) is 0 Å². The minimum atomic E-state index is 0.428. The van der Waals surface area contributed by atoms with E-state index in [-0.39, 0.29) is 0 Å². The molecule has 0 aromatic heterocycles. The van der Waals surface area contributed by atoms with Crippen LogP contribution in [0.3, 0.4) is 0 Å². The van der Waals surface area contributed by atoms with E-state index in [2.05, 4.69) is 29.4 Å². The number of nitrogens with one attached hydrogen (secondary N) is 2. The second kappa shape index (κ2) is 7.45. The summed E-state index contributed by atoms with van der Waals surface area (Å²) in [5.41, 5.74) is 11.7. The summed E-state index contributed by atoms with van der Waals surface area (Å²) < 4.78 is 0. The first-order valence-electron chi connectivity index (χ1n) is 8.03. The van der Waals surface area contributed by atoms with Gasteiger partial charge in [0.25, 0.3) is 0 Å². The van der Waals surface area contributed by atoms with Gasteiger partial charge in [-0.2, -0.15) is 0 Å². The van der Waals surface area contributed by atoms with Gasteiger partial charge in [-0.3, -0.25) is 0 Å². The molecule has 0 saturated heterocycles. The quantitative estimate of drug-likeness (QED) is 0.466. The molecule has 4 nitrogen and oxygen atoms in total. The molecule has 0 amide bonds. The largest absolute Gasteiger partial charge is 0.383 e. The van der Waals surface area contributed by atoms with Gasteiger partial charge in [0.15, 0.2) is 0 Å². The highest BCUT2D eigenvalue weighted by molar-refractivity contribution is 6.04. The van der Waals surface area contributed by atoms with Crippen molar-refractivity contribution < 1.29 is 0 Å². The topological polar surface area (TPSA) is 74.3 Å². The minimum Gasteiger partial charge on any atom is -0.383 e. The zero-order chi connectivity index (χ0) is 17.6. The molecule has 4 N–H and O–H groups in total. The van der Waals surface area contributed by atoms with E-state index in [1.54, 1.807) is 0 Å². The zero-order valence-corrected chi connectivity index (χ0v) is 14.0. The molecule has 3 rings (SSSR count). The van der Waals surface area contributed by atoms with Gasteiger partial charge < -0.3 is 16.5 Å². The Morgan fingerprint density at radius 1 is 1.00 bits per heavy atom. The lowest BCUT2D eigenvalue weighted by atomic mass is 10.1. The van der Waals surface area contributed by atoms with Gasteiger partial charge in [-0.15, -0.1) is 0 Å². The van der Waals surface area contributed by atoms with Crippen LogP contribution in [-0.2, 0) is 0 Å². The summed E-state index contributed by atoms with van der Waals surface area (Å²) in [6.07, 6.45) is 1.29. The first-order chi connectivity index (χ1) is 12.2. The molecule has 0 aliphatic rings. The fraction of sp³-hybridized carbons (Fsp3) is 0.0476. The molecule has 0 aliphatic carbocycles. The molecule has 4 heteroatoms. The normalized spacial score (nSPS) is 11.2. The number of hydrogen-bond acceptors (Lipinski definition) is 3. The Balaban J connectivity index is 1.92. The summed E-state index contributed by atoms with van der Waals surface area (Å²) in [4.78, 5) is 4.51. The van der Waals surface area contributed by atoms with Gasteiger partial charge in [-0.1, -0.05) is 42.0 Å². The van der Waals surface area contributed by atoms with Gasteiger partial charge in [-0.05, 0) is 48.9 Å². The number of aliphatic imine (C=N–C) groups is 1. The van der Waals surface area contributed by atoms with Gasteiger partial charge in [0, 0.05) is 23.2 Å². The number of amidine groups is 1. The van der Waals surface area contributed by atoms with Crippen LogP contribution in [0.4, 0.5) is 17.1 Å². The molecule has 0 atom stereocenters. The number of anilines is 2. The van der Waals surface area contributed by atoms with E-state index in [0.717, 1.165) is 28.2 Å². The van der Waals surface area contributed by atoms with Crippen LogP contribution in [0.25, 0.3) is 0 Å². The summed E-state index contributed by atoms with van der Waals surface area (Å²) in [5.74, 6) is 0.428. The van der Waals surface area contributed by atoms with Gasteiger partial charge in [0.2, 0.25) is 0 Å². The maximum atomic E-state index is 7.35. The number of para-hydroxylation sites is 1. The van der Waals surface area contributed by atoms with Crippen LogP contribution in [0, 0.1) is 12.3 Å². The lowest BCUT2D eigenvalue weighted by Crippen LogP contribution is -2.14.